The fourth-order valence-corrected chi connectivity index (χ4v) is 4.38. The van der Waals surface area contributed by atoms with Crippen LogP contribution in [0.3, 0.4) is 0 Å². The van der Waals surface area contributed by atoms with E-state index in [0.29, 0.717) is 0 Å². The number of hydrogen-bond donors (Lipinski definition) is 1. The number of halogens is 2. The van der Waals surface area contributed by atoms with Crippen molar-refractivity contribution in [2.24, 2.45) is 0 Å². The Labute approximate surface area is 126 Å². The third kappa shape index (κ3) is 3.30. The van der Waals surface area contributed by atoms with Crippen LogP contribution in [-0.4, -0.2) is 8.42 Å². The summed E-state index contributed by atoms with van der Waals surface area (Å²) in [4.78, 5) is 0.923. The maximum atomic E-state index is 12.3. The van der Waals surface area contributed by atoms with Crippen LogP contribution in [0, 0.1) is 0 Å². The maximum absolute atomic E-state index is 12.3. The van der Waals surface area contributed by atoms with Crippen molar-refractivity contribution >= 4 is 44.6 Å². The lowest BCUT2D eigenvalue weighted by Gasteiger charge is -2.14. The third-order valence-electron chi connectivity index (χ3n) is 2.51. The van der Waals surface area contributed by atoms with Crippen LogP contribution in [0.25, 0.3) is 0 Å². The van der Waals surface area contributed by atoms with Gasteiger partial charge in [-0.15, -0.1) is 11.3 Å². The summed E-state index contributed by atoms with van der Waals surface area (Å²) in [7, 11) is -3.70. The van der Waals surface area contributed by atoms with E-state index in [1.165, 1.54) is 17.4 Å². The molecule has 0 aliphatic heterocycles. The van der Waals surface area contributed by atoms with Gasteiger partial charge in [-0.25, -0.2) is 13.1 Å². The van der Waals surface area contributed by atoms with E-state index in [9.17, 15) is 8.42 Å². The molecule has 0 saturated carbocycles. The van der Waals surface area contributed by atoms with Gasteiger partial charge in [-0.2, -0.15) is 0 Å². The zero-order valence-corrected chi connectivity index (χ0v) is 13.1. The van der Waals surface area contributed by atoms with E-state index in [1.807, 2.05) is 17.5 Å². The van der Waals surface area contributed by atoms with E-state index in [4.69, 9.17) is 23.2 Å². The molecule has 0 aliphatic rings. The number of rotatable bonds is 4. The van der Waals surface area contributed by atoms with Gasteiger partial charge in [-0.3, -0.25) is 0 Å². The summed E-state index contributed by atoms with van der Waals surface area (Å²) in [5.74, 6) is 0. The molecule has 19 heavy (non-hydrogen) atoms. The Morgan fingerprint density at radius 2 is 1.95 bits per heavy atom. The predicted molar refractivity (Wildman–Crippen MR) is 79.5 cm³/mol. The molecule has 2 aromatic rings. The van der Waals surface area contributed by atoms with Crippen molar-refractivity contribution in [3.8, 4) is 0 Å². The Hall–Kier alpha value is -0.590. The highest BCUT2D eigenvalue weighted by Gasteiger charge is 2.22. The van der Waals surface area contributed by atoms with Gasteiger partial charge in [0, 0.05) is 4.88 Å². The summed E-state index contributed by atoms with van der Waals surface area (Å²) < 4.78 is 27.1. The van der Waals surface area contributed by atoms with Crippen molar-refractivity contribution in [1.29, 1.82) is 0 Å². The van der Waals surface area contributed by atoms with E-state index < -0.39 is 10.0 Å². The first-order valence-corrected chi connectivity index (χ1v) is 8.53. The number of thiophene rings is 1. The quantitative estimate of drug-likeness (QED) is 0.914. The monoisotopic (exact) mass is 335 g/mol. The lowest BCUT2D eigenvalue weighted by atomic mass is 10.3. The number of benzene rings is 1. The van der Waals surface area contributed by atoms with E-state index in [0.717, 1.165) is 4.88 Å². The Balaban J connectivity index is 2.31. The Morgan fingerprint density at radius 3 is 2.58 bits per heavy atom. The van der Waals surface area contributed by atoms with Crippen molar-refractivity contribution in [3.63, 3.8) is 0 Å². The second-order valence-electron chi connectivity index (χ2n) is 3.91. The molecule has 0 saturated heterocycles. The summed E-state index contributed by atoms with van der Waals surface area (Å²) in [5.41, 5.74) is 0. The molecule has 0 fully saturated rings. The van der Waals surface area contributed by atoms with Crippen LogP contribution in [0.1, 0.15) is 17.8 Å². The van der Waals surface area contributed by atoms with Crippen molar-refractivity contribution in [2.45, 2.75) is 17.9 Å². The second-order valence-corrected chi connectivity index (χ2v) is 7.36. The van der Waals surface area contributed by atoms with E-state index in [1.54, 1.807) is 19.1 Å². The molecular weight excluding hydrogens is 325 g/mol. The van der Waals surface area contributed by atoms with Gasteiger partial charge < -0.3 is 0 Å². The zero-order chi connectivity index (χ0) is 14.0. The third-order valence-corrected chi connectivity index (χ3v) is 6.08. The number of nitrogens with one attached hydrogen (secondary N) is 1. The van der Waals surface area contributed by atoms with Crippen LogP contribution in [-0.2, 0) is 10.0 Å². The molecule has 0 spiro atoms. The first-order chi connectivity index (χ1) is 8.92. The van der Waals surface area contributed by atoms with Gasteiger partial charge in [-0.05, 0) is 30.5 Å². The Morgan fingerprint density at radius 1 is 1.21 bits per heavy atom. The zero-order valence-electron chi connectivity index (χ0n) is 9.93. The molecular formula is C12H11Cl2NO2S2. The molecule has 1 aromatic carbocycles. The van der Waals surface area contributed by atoms with Crippen LogP contribution in [0.4, 0.5) is 0 Å². The summed E-state index contributed by atoms with van der Waals surface area (Å²) >= 11 is 13.3. The smallest absolute Gasteiger partial charge is 0.207 e. The van der Waals surface area contributed by atoms with Crippen molar-refractivity contribution < 1.29 is 8.42 Å². The maximum Gasteiger partial charge on any atom is 0.242 e. The van der Waals surface area contributed by atoms with E-state index in [-0.39, 0.29) is 21.0 Å². The van der Waals surface area contributed by atoms with E-state index >= 15 is 0 Å². The molecule has 7 heteroatoms. The lowest BCUT2D eigenvalue weighted by Crippen LogP contribution is -2.26. The van der Waals surface area contributed by atoms with Gasteiger partial charge in [0.15, 0.2) is 0 Å². The van der Waals surface area contributed by atoms with Crippen molar-refractivity contribution in [1.82, 2.24) is 4.72 Å². The van der Waals surface area contributed by atoms with Gasteiger partial charge in [0.05, 0.1) is 16.1 Å². The average molecular weight is 336 g/mol. The van der Waals surface area contributed by atoms with Gasteiger partial charge in [0.25, 0.3) is 0 Å². The average Bonchev–Trinajstić information content (AvgIpc) is 2.85. The first kappa shape index (κ1) is 14.8. The lowest BCUT2D eigenvalue weighted by molar-refractivity contribution is 0.568. The fourth-order valence-electron chi connectivity index (χ4n) is 1.58. The number of hydrogen-bond acceptors (Lipinski definition) is 3. The highest BCUT2D eigenvalue weighted by atomic mass is 35.5. The van der Waals surface area contributed by atoms with Gasteiger partial charge in [0.1, 0.15) is 4.90 Å². The van der Waals surface area contributed by atoms with Gasteiger partial charge in [0.2, 0.25) is 10.0 Å². The molecule has 1 heterocycles. The predicted octanol–water partition coefficient (Wildman–Crippen LogP) is 4.09. The minimum atomic E-state index is -3.70. The molecule has 1 unspecified atom stereocenters. The minimum absolute atomic E-state index is 0.00919. The summed E-state index contributed by atoms with van der Waals surface area (Å²) in [6.45, 7) is 1.78. The molecule has 3 nitrogen and oxygen atoms in total. The fraction of sp³-hybridized carbons (Fsp3) is 0.167. The molecule has 1 aromatic heterocycles. The molecule has 0 amide bonds. The summed E-state index contributed by atoms with van der Waals surface area (Å²) in [5, 5.41) is 2.15. The minimum Gasteiger partial charge on any atom is -0.207 e. The second kappa shape index (κ2) is 5.81. The number of sulfonamides is 1. The summed E-state index contributed by atoms with van der Waals surface area (Å²) in [6, 6.07) is 7.95. The molecule has 1 atom stereocenters. The van der Waals surface area contributed by atoms with Crippen LogP contribution in [0.2, 0.25) is 10.0 Å². The van der Waals surface area contributed by atoms with Crippen molar-refractivity contribution in [2.75, 3.05) is 0 Å². The van der Waals surface area contributed by atoms with Crippen molar-refractivity contribution in [3.05, 3.63) is 50.6 Å². The SMILES string of the molecule is CC(NS(=O)(=O)c1cccc(Cl)c1Cl)c1cccs1. The van der Waals surface area contributed by atoms with Gasteiger partial charge in [-0.1, -0.05) is 35.3 Å². The first-order valence-electron chi connectivity index (χ1n) is 5.41. The van der Waals surface area contributed by atoms with Gasteiger partial charge >= 0.3 is 0 Å². The standard InChI is InChI=1S/C12H11Cl2NO2S2/c1-8(10-5-3-7-18-10)15-19(16,17)11-6-2-4-9(13)12(11)14/h2-8,15H,1H3. The van der Waals surface area contributed by atoms with Crippen LogP contribution in [0.5, 0.6) is 0 Å². The topological polar surface area (TPSA) is 46.2 Å². The Bertz CT molecular complexity index is 669. The molecule has 102 valence electrons. The highest BCUT2D eigenvalue weighted by Crippen LogP contribution is 2.30. The molecule has 1 N–H and O–H groups in total. The molecule has 0 radical (unpaired) electrons. The molecule has 0 bridgehead atoms. The normalized spacial score (nSPS) is 13.4. The molecule has 2 rings (SSSR count). The largest absolute Gasteiger partial charge is 0.242 e. The highest BCUT2D eigenvalue weighted by molar-refractivity contribution is 7.89. The summed E-state index contributed by atoms with van der Waals surface area (Å²) in [6.07, 6.45) is 0. The molecule has 0 aliphatic carbocycles. The Kier molecular flexibility index (Phi) is 4.53. The van der Waals surface area contributed by atoms with Crippen LogP contribution < -0.4 is 4.72 Å². The van der Waals surface area contributed by atoms with E-state index in [2.05, 4.69) is 4.72 Å². The van der Waals surface area contributed by atoms with Crippen LogP contribution >= 0.6 is 34.5 Å². The van der Waals surface area contributed by atoms with Crippen LogP contribution in [0.15, 0.2) is 40.6 Å².